The highest BCUT2D eigenvalue weighted by molar-refractivity contribution is 7.89. The van der Waals surface area contributed by atoms with Crippen molar-refractivity contribution in [3.8, 4) is 11.8 Å². The minimum atomic E-state index is -3.46. The summed E-state index contributed by atoms with van der Waals surface area (Å²) in [6.45, 7) is 2.46. The van der Waals surface area contributed by atoms with E-state index in [1.807, 2.05) is 0 Å². The molecule has 2 atom stereocenters. The maximum Gasteiger partial charge on any atom is 0.242 e. The summed E-state index contributed by atoms with van der Waals surface area (Å²) in [7, 11) is -1.84. The van der Waals surface area contributed by atoms with Gasteiger partial charge in [0, 0.05) is 19.2 Å². The lowest BCUT2D eigenvalue weighted by molar-refractivity contribution is 0.350. The molecule has 1 fully saturated rings. The number of nitrogens with zero attached hydrogens (tertiary/aromatic N) is 1. The Kier molecular flexibility index (Phi) is 4.48. The monoisotopic (exact) mass is 293 g/mol. The van der Waals surface area contributed by atoms with E-state index in [-0.39, 0.29) is 11.5 Å². The Balaban J connectivity index is 2.20. The van der Waals surface area contributed by atoms with E-state index in [1.54, 1.807) is 31.3 Å². The Morgan fingerprint density at radius 1 is 1.45 bits per heavy atom. The normalized spacial score (nSPS) is 21.4. The Morgan fingerprint density at radius 2 is 2.15 bits per heavy atom. The smallest absolute Gasteiger partial charge is 0.242 e. The predicted molar refractivity (Wildman–Crippen MR) is 77.5 cm³/mol. The number of benzene rings is 1. The first-order valence-electron chi connectivity index (χ1n) is 6.61. The van der Waals surface area contributed by atoms with Gasteiger partial charge in [0.25, 0.3) is 0 Å². The lowest BCUT2D eigenvalue weighted by Crippen LogP contribution is -2.29. The molecular weight excluding hydrogens is 274 g/mol. The first-order chi connectivity index (χ1) is 9.45. The Hall–Kier alpha value is -1.35. The molecule has 1 aromatic rings. The maximum atomic E-state index is 12.5. The molecule has 0 bridgehead atoms. The summed E-state index contributed by atoms with van der Waals surface area (Å²) < 4.78 is 26.3. The molecule has 0 aliphatic heterocycles. The highest BCUT2D eigenvalue weighted by atomic mass is 32.2. The quantitative estimate of drug-likeness (QED) is 0.852. The van der Waals surface area contributed by atoms with Gasteiger partial charge in [-0.3, -0.25) is 0 Å². The van der Waals surface area contributed by atoms with Crippen molar-refractivity contribution >= 4 is 10.0 Å². The number of aliphatic hydroxyl groups is 1. The van der Waals surface area contributed by atoms with E-state index in [4.69, 9.17) is 5.11 Å². The number of sulfonamides is 1. The molecule has 2 rings (SSSR count). The van der Waals surface area contributed by atoms with Gasteiger partial charge < -0.3 is 5.11 Å². The third-order valence-corrected chi connectivity index (χ3v) is 5.44. The van der Waals surface area contributed by atoms with Crippen molar-refractivity contribution in [2.45, 2.75) is 18.2 Å². The van der Waals surface area contributed by atoms with Crippen LogP contribution in [0.5, 0.6) is 0 Å². The molecule has 0 saturated heterocycles. The van der Waals surface area contributed by atoms with Crippen LogP contribution in [0.4, 0.5) is 0 Å². The zero-order chi connectivity index (χ0) is 14.8. The van der Waals surface area contributed by atoms with Crippen LogP contribution in [0.2, 0.25) is 0 Å². The van der Waals surface area contributed by atoms with Crippen molar-refractivity contribution in [1.82, 2.24) is 4.31 Å². The second-order valence-corrected chi connectivity index (χ2v) is 7.29. The molecule has 0 aromatic heterocycles. The summed E-state index contributed by atoms with van der Waals surface area (Å²) in [6.07, 6.45) is 1.10. The van der Waals surface area contributed by atoms with Crippen LogP contribution in [0, 0.1) is 23.7 Å². The van der Waals surface area contributed by atoms with Crippen molar-refractivity contribution in [2.75, 3.05) is 20.2 Å². The van der Waals surface area contributed by atoms with Crippen molar-refractivity contribution in [1.29, 1.82) is 0 Å². The molecule has 0 spiro atoms. The van der Waals surface area contributed by atoms with Crippen LogP contribution in [0.25, 0.3) is 0 Å². The first kappa shape index (κ1) is 15.0. The summed E-state index contributed by atoms with van der Waals surface area (Å²) >= 11 is 0. The highest BCUT2D eigenvalue weighted by Crippen LogP contribution is 2.38. The van der Waals surface area contributed by atoms with E-state index in [2.05, 4.69) is 18.8 Å². The lowest BCUT2D eigenvalue weighted by Gasteiger charge is -2.17. The van der Waals surface area contributed by atoms with E-state index in [0.29, 0.717) is 23.9 Å². The topological polar surface area (TPSA) is 57.6 Å². The predicted octanol–water partition coefficient (Wildman–Crippen LogP) is 1.31. The van der Waals surface area contributed by atoms with E-state index < -0.39 is 10.0 Å². The molecule has 108 valence electrons. The Labute approximate surface area is 120 Å². The third-order valence-electron chi connectivity index (χ3n) is 3.62. The number of hydrogen-bond acceptors (Lipinski definition) is 3. The molecule has 1 aliphatic rings. The maximum absolute atomic E-state index is 12.5. The largest absolute Gasteiger partial charge is 0.384 e. The Bertz CT molecular complexity index is 643. The number of aliphatic hydroxyl groups excluding tert-OH is 1. The molecule has 0 heterocycles. The third kappa shape index (κ3) is 3.40. The second kappa shape index (κ2) is 5.96. The zero-order valence-electron chi connectivity index (χ0n) is 11.7. The average Bonchev–Trinajstić information content (AvgIpc) is 3.12. The average molecular weight is 293 g/mol. The van der Waals surface area contributed by atoms with Gasteiger partial charge in [0.2, 0.25) is 10.0 Å². The molecule has 5 heteroatoms. The summed E-state index contributed by atoms with van der Waals surface area (Å²) in [5.74, 6) is 6.34. The molecule has 1 N–H and O–H groups in total. The van der Waals surface area contributed by atoms with Crippen molar-refractivity contribution in [2.24, 2.45) is 11.8 Å². The van der Waals surface area contributed by atoms with E-state index in [9.17, 15) is 8.42 Å². The molecule has 20 heavy (non-hydrogen) atoms. The molecule has 1 aliphatic carbocycles. The van der Waals surface area contributed by atoms with Gasteiger partial charge in [-0.25, -0.2) is 12.7 Å². The number of hydrogen-bond donors (Lipinski definition) is 1. The van der Waals surface area contributed by atoms with Gasteiger partial charge in [-0.1, -0.05) is 24.8 Å². The van der Waals surface area contributed by atoms with E-state index in [1.165, 1.54) is 4.31 Å². The van der Waals surface area contributed by atoms with Gasteiger partial charge in [-0.05, 0) is 36.5 Å². The SMILES string of the molecule is CC1CC1CN(C)S(=O)(=O)c1cccc(C#CCO)c1. The zero-order valence-corrected chi connectivity index (χ0v) is 12.5. The van der Waals surface area contributed by atoms with Crippen LogP contribution in [-0.2, 0) is 10.0 Å². The van der Waals surface area contributed by atoms with Crippen LogP contribution in [0.15, 0.2) is 29.2 Å². The Morgan fingerprint density at radius 3 is 2.75 bits per heavy atom. The highest BCUT2D eigenvalue weighted by Gasteiger charge is 2.36. The fourth-order valence-corrected chi connectivity index (χ4v) is 3.41. The molecule has 2 unspecified atom stereocenters. The molecule has 1 saturated carbocycles. The van der Waals surface area contributed by atoms with Crippen LogP contribution in [0.3, 0.4) is 0 Å². The van der Waals surface area contributed by atoms with Gasteiger partial charge in [0.05, 0.1) is 4.90 Å². The lowest BCUT2D eigenvalue weighted by atomic mass is 10.2. The fraction of sp³-hybridized carbons (Fsp3) is 0.467. The second-order valence-electron chi connectivity index (χ2n) is 5.25. The molecular formula is C15H19NO3S. The van der Waals surface area contributed by atoms with Gasteiger partial charge in [-0.2, -0.15) is 0 Å². The molecule has 1 aromatic carbocycles. The van der Waals surface area contributed by atoms with E-state index in [0.717, 1.165) is 6.42 Å². The van der Waals surface area contributed by atoms with Crippen LogP contribution >= 0.6 is 0 Å². The molecule has 0 radical (unpaired) electrons. The van der Waals surface area contributed by atoms with Crippen LogP contribution in [0.1, 0.15) is 18.9 Å². The van der Waals surface area contributed by atoms with Gasteiger partial charge in [-0.15, -0.1) is 0 Å². The van der Waals surface area contributed by atoms with Crippen molar-refractivity contribution in [3.63, 3.8) is 0 Å². The van der Waals surface area contributed by atoms with Crippen molar-refractivity contribution < 1.29 is 13.5 Å². The van der Waals surface area contributed by atoms with Crippen molar-refractivity contribution in [3.05, 3.63) is 29.8 Å². The summed E-state index contributed by atoms with van der Waals surface area (Å²) in [6, 6.07) is 6.52. The van der Waals surface area contributed by atoms with Crippen LogP contribution in [-0.4, -0.2) is 38.0 Å². The number of rotatable bonds is 4. The van der Waals surface area contributed by atoms with Gasteiger partial charge in [0.1, 0.15) is 6.61 Å². The van der Waals surface area contributed by atoms with E-state index >= 15 is 0 Å². The van der Waals surface area contributed by atoms with Gasteiger partial charge >= 0.3 is 0 Å². The first-order valence-corrected chi connectivity index (χ1v) is 8.05. The summed E-state index contributed by atoms with van der Waals surface area (Å²) in [4.78, 5) is 0.248. The summed E-state index contributed by atoms with van der Waals surface area (Å²) in [5.41, 5.74) is 0.591. The standard InChI is InChI=1S/C15H19NO3S/c1-12-9-14(12)11-16(2)20(18,19)15-7-3-5-13(10-15)6-4-8-17/h3,5,7,10,12,14,17H,8-9,11H2,1-2H3. The fourth-order valence-electron chi connectivity index (χ4n) is 2.14. The summed E-state index contributed by atoms with van der Waals surface area (Å²) in [5, 5.41) is 8.68. The molecule has 0 amide bonds. The van der Waals surface area contributed by atoms with Crippen LogP contribution < -0.4 is 0 Å². The minimum absolute atomic E-state index is 0.240. The van der Waals surface area contributed by atoms with Gasteiger partial charge in [0.15, 0.2) is 0 Å². The molecule has 4 nitrogen and oxygen atoms in total. The minimum Gasteiger partial charge on any atom is -0.384 e.